The van der Waals surface area contributed by atoms with E-state index in [1.165, 1.54) is 12.1 Å². The van der Waals surface area contributed by atoms with Crippen LogP contribution in [0.3, 0.4) is 0 Å². The lowest BCUT2D eigenvalue weighted by atomic mass is 10.1. The molecule has 1 heterocycles. The standard InChI is InChI=1S/C16H15N3O3S2/c20-14(10-23)7-11-1-5-15(6-2-11)24(21,22)19-13-4-3-12-9-17-18-16(12)8-13/h1-6,8-9,19,23H,7,10H2,(H,17,18). The number of carbonyl (C=O) groups is 1. The molecular formula is C16H15N3O3S2. The Hall–Kier alpha value is -2.32. The van der Waals surface area contributed by atoms with E-state index in [9.17, 15) is 13.2 Å². The van der Waals surface area contributed by atoms with E-state index in [1.54, 1.807) is 36.5 Å². The maximum absolute atomic E-state index is 12.4. The number of sulfonamides is 1. The minimum atomic E-state index is -3.70. The number of nitrogens with zero attached hydrogens (tertiary/aromatic N) is 1. The van der Waals surface area contributed by atoms with Gasteiger partial charge in [-0.2, -0.15) is 17.7 Å². The first-order chi connectivity index (χ1) is 11.5. The fraction of sp³-hybridized carbons (Fsp3) is 0.125. The molecule has 0 amide bonds. The molecule has 2 aromatic carbocycles. The maximum Gasteiger partial charge on any atom is 0.261 e. The van der Waals surface area contributed by atoms with Gasteiger partial charge in [0.25, 0.3) is 10.0 Å². The van der Waals surface area contributed by atoms with Crippen LogP contribution in [0, 0.1) is 0 Å². The van der Waals surface area contributed by atoms with Gasteiger partial charge in [0.15, 0.2) is 0 Å². The summed E-state index contributed by atoms with van der Waals surface area (Å²) in [4.78, 5) is 11.5. The predicted molar refractivity (Wildman–Crippen MR) is 95.9 cm³/mol. The van der Waals surface area contributed by atoms with Crippen molar-refractivity contribution < 1.29 is 13.2 Å². The minimum Gasteiger partial charge on any atom is -0.298 e. The van der Waals surface area contributed by atoms with Crippen LogP contribution in [0.15, 0.2) is 53.6 Å². The van der Waals surface area contributed by atoms with Crippen molar-refractivity contribution in [1.82, 2.24) is 10.2 Å². The van der Waals surface area contributed by atoms with Crippen LogP contribution < -0.4 is 4.72 Å². The Kier molecular flexibility index (Phi) is 4.59. The molecule has 124 valence electrons. The smallest absolute Gasteiger partial charge is 0.261 e. The number of carbonyl (C=O) groups excluding carboxylic acids is 1. The number of benzene rings is 2. The highest BCUT2D eigenvalue weighted by Gasteiger charge is 2.15. The number of ketones is 1. The van der Waals surface area contributed by atoms with Crippen molar-refractivity contribution in [2.24, 2.45) is 0 Å². The highest BCUT2D eigenvalue weighted by Crippen LogP contribution is 2.20. The number of nitrogens with one attached hydrogen (secondary N) is 2. The molecule has 6 nitrogen and oxygen atoms in total. The quantitative estimate of drug-likeness (QED) is 0.588. The molecule has 0 unspecified atom stereocenters. The van der Waals surface area contributed by atoms with Gasteiger partial charge in [0, 0.05) is 17.6 Å². The topological polar surface area (TPSA) is 91.9 Å². The number of thiol groups is 1. The van der Waals surface area contributed by atoms with Crippen LogP contribution in [0.25, 0.3) is 10.9 Å². The Balaban J connectivity index is 1.80. The van der Waals surface area contributed by atoms with E-state index in [0.717, 1.165) is 16.5 Å². The molecule has 0 saturated heterocycles. The Bertz CT molecular complexity index is 979. The predicted octanol–water partition coefficient (Wildman–Crippen LogP) is 2.41. The average molecular weight is 361 g/mol. The van der Waals surface area contributed by atoms with Gasteiger partial charge in [-0.15, -0.1) is 0 Å². The molecule has 0 bridgehead atoms. The number of hydrogen-bond donors (Lipinski definition) is 3. The number of aromatic amines is 1. The molecule has 0 atom stereocenters. The third kappa shape index (κ3) is 3.60. The molecule has 0 aliphatic carbocycles. The van der Waals surface area contributed by atoms with E-state index in [0.29, 0.717) is 5.69 Å². The number of aromatic nitrogens is 2. The fourth-order valence-electron chi connectivity index (χ4n) is 2.28. The fourth-order valence-corrected chi connectivity index (χ4v) is 3.45. The number of H-pyrrole nitrogens is 1. The summed E-state index contributed by atoms with van der Waals surface area (Å²) in [5, 5.41) is 7.60. The van der Waals surface area contributed by atoms with Crippen LogP contribution in [0.4, 0.5) is 5.69 Å². The number of hydrogen-bond acceptors (Lipinski definition) is 5. The molecule has 3 aromatic rings. The summed E-state index contributed by atoms with van der Waals surface area (Å²) >= 11 is 3.93. The summed E-state index contributed by atoms with van der Waals surface area (Å²) in [6, 6.07) is 11.4. The zero-order valence-corrected chi connectivity index (χ0v) is 14.3. The zero-order chi connectivity index (χ0) is 17.2. The second kappa shape index (κ2) is 6.66. The molecule has 0 aliphatic rings. The summed E-state index contributed by atoms with van der Waals surface area (Å²) in [6.45, 7) is 0. The lowest BCUT2D eigenvalue weighted by Gasteiger charge is -2.09. The van der Waals surface area contributed by atoms with Crippen molar-refractivity contribution in [3.8, 4) is 0 Å². The Morgan fingerprint density at radius 3 is 2.62 bits per heavy atom. The van der Waals surface area contributed by atoms with Gasteiger partial charge in [-0.1, -0.05) is 12.1 Å². The third-order valence-electron chi connectivity index (χ3n) is 3.51. The number of Topliss-reactive ketones (excluding diaryl/α,β-unsaturated/α-hetero) is 1. The molecule has 0 aliphatic heterocycles. The molecular weight excluding hydrogens is 346 g/mol. The van der Waals surface area contributed by atoms with Crippen LogP contribution in [0.2, 0.25) is 0 Å². The molecule has 2 N–H and O–H groups in total. The molecule has 0 fully saturated rings. The van der Waals surface area contributed by atoms with E-state index in [2.05, 4.69) is 27.5 Å². The summed E-state index contributed by atoms with van der Waals surface area (Å²) in [6.07, 6.45) is 1.91. The second-order valence-electron chi connectivity index (χ2n) is 5.30. The maximum atomic E-state index is 12.4. The van der Waals surface area contributed by atoms with Crippen molar-refractivity contribution in [2.75, 3.05) is 10.5 Å². The van der Waals surface area contributed by atoms with Crippen LogP contribution >= 0.6 is 12.6 Å². The Morgan fingerprint density at radius 1 is 1.17 bits per heavy atom. The highest BCUT2D eigenvalue weighted by atomic mass is 32.2. The second-order valence-corrected chi connectivity index (χ2v) is 7.29. The van der Waals surface area contributed by atoms with E-state index in [1.807, 2.05) is 0 Å². The van der Waals surface area contributed by atoms with Crippen LogP contribution in [-0.2, 0) is 21.2 Å². The highest BCUT2D eigenvalue weighted by molar-refractivity contribution is 7.92. The summed E-state index contributed by atoms with van der Waals surface area (Å²) in [5.41, 5.74) is 1.95. The zero-order valence-electron chi connectivity index (χ0n) is 12.6. The average Bonchev–Trinajstić information content (AvgIpc) is 3.02. The molecule has 8 heteroatoms. The molecule has 1 aromatic heterocycles. The van der Waals surface area contributed by atoms with Gasteiger partial charge in [0.1, 0.15) is 5.78 Å². The minimum absolute atomic E-state index is 0.0140. The largest absolute Gasteiger partial charge is 0.298 e. The Morgan fingerprint density at radius 2 is 1.92 bits per heavy atom. The molecule has 3 rings (SSSR count). The summed E-state index contributed by atoms with van der Waals surface area (Å²) < 4.78 is 27.4. The monoisotopic (exact) mass is 361 g/mol. The van der Waals surface area contributed by atoms with Crippen molar-refractivity contribution >= 4 is 45.0 Å². The number of fused-ring (bicyclic) bond motifs is 1. The number of anilines is 1. The van der Waals surface area contributed by atoms with Crippen molar-refractivity contribution in [2.45, 2.75) is 11.3 Å². The van der Waals surface area contributed by atoms with Crippen molar-refractivity contribution in [3.63, 3.8) is 0 Å². The van der Waals surface area contributed by atoms with Crippen LogP contribution in [0.1, 0.15) is 5.56 Å². The van der Waals surface area contributed by atoms with Crippen LogP contribution in [-0.4, -0.2) is 30.2 Å². The molecule has 0 saturated carbocycles. The SMILES string of the molecule is O=C(CS)Cc1ccc(S(=O)(=O)Nc2ccc3cn[nH]c3c2)cc1. The van der Waals surface area contributed by atoms with Crippen LogP contribution in [0.5, 0.6) is 0 Å². The molecule has 24 heavy (non-hydrogen) atoms. The van der Waals surface area contributed by atoms with Gasteiger partial charge in [0.2, 0.25) is 0 Å². The summed E-state index contributed by atoms with van der Waals surface area (Å²) in [5.74, 6) is 0.150. The van der Waals surface area contributed by atoms with E-state index in [-0.39, 0.29) is 22.9 Å². The molecule has 0 spiro atoms. The van der Waals surface area contributed by atoms with Crippen molar-refractivity contribution in [3.05, 3.63) is 54.2 Å². The van der Waals surface area contributed by atoms with E-state index >= 15 is 0 Å². The lowest BCUT2D eigenvalue weighted by molar-refractivity contribution is -0.115. The first-order valence-electron chi connectivity index (χ1n) is 7.15. The first-order valence-corrected chi connectivity index (χ1v) is 9.27. The lowest BCUT2D eigenvalue weighted by Crippen LogP contribution is -2.13. The van der Waals surface area contributed by atoms with Crippen molar-refractivity contribution in [1.29, 1.82) is 0 Å². The van der Waals surface area contributed by atoms with Gasteiger partial charge in [-0.25, -0.2) is 8.42 Å². The van der Waals surface area contributed by atoms with E-state index in [4.69, 9.17) is 0 Å². The third-order valence-corrected chi connectivity index (χ3v) is 5.26. The van der Waals surface area contributed by atoms with Gasteiger partial charge in [-0.05, 0) is 35.9 Å². The Labute approximate surface area is 144 Å². The van der Waals surface area contributed by atoms with E-state index < -0.39 is 10.0 Å². The first kappa shape index (κ1) is 16.5. The van der Waals surface area contributed by atoms with Gasteiger partial charge in [-0.3, -0.25) is 14.6 Å². The number of rotatable bonds is 6. The van der Waals surface area contributed by atoms with Gasteiger partial charge in [0.05, 0.1) is 22.3 Å². The van der Waals surface area contributed by atoms with Gasteiger partial charge < -0.3 is 0 Å². The molecule has 0 radical (unpaired) electrons. The summed E-state index contributed by atoms with van der Waals surface area (Å²) in [7, 11) is -3.70. The van der Waals surface area contributed by atoms with Gasteiger partial charge >= 0.3 is 0 Å². The normalized spacial score (nSPS) is 11.5.